The molecule has 0 saturated carbocycles. The van der Waals surface area contributed by atoms with Crippen molar-refractivity contribution in [2.24, 2.45) is 11.8 Å². The molecular weight excluding hydrogens is 546 g/mol. The zero-order valence-corrected chi connectivity index (χ0v) is 20.5. The number of thioether (sulfide) groups is 1. The Morgan fingerprint density at radius 2 is 1.35 bits per heavy atom. The van der Waals surface area contributed by atoms with E-state index in [1.54, 1.807) is 0 Å². The number of imide groups is 1. The highest BCUT2D eigenvalue weighted by atomic mass is 79.9. The molecule has 3 atom stereocenters. The molecule has 2 aromatic rings. The van der Waals surface area contributed by atoms with E-state index in [0.717, 1.165) is 27.2 Å². The summed E-state index contributed by atoms with van der Waals surface area (Å²) < 4.78 is -1.80. The summed E-state index contributed by atoms with van der Waals surface area (Å²) in [7, 11) is 0. The number of benzene rings is 2. The molecule has 160 valence electrons. The Kier molecular flexibility index (Phi) is 4.92. The van der Waals surface area contributed by atoms with Gasteiger partial charge in [-0.05, 0) is 40.7 Å². The number of carboxylic acids is 1. The van der Waals surface area contributed by atoms with Crippen LogP contribution in [0.25, 0.3) is 0 Å². The minimum Gasteiger partial charge on any atom is -0.480 e. The van der Waals surface area contributed by atoms with Crippen LogP contribution < -0.4 is 0 Å². The van der Waals surface area contributed by atoms with Crippen LogP contribution in [0.1, 0.15) is 28.7 Å². The maximum Gasteiger partial charge on any atom is 0.326 e. The first kappa shape index (κ1) is 21.2. The second kappa shape index (κ2) is 7.18. The first-order valence-corrected chi connectivity index (χ1v) is 12.9. The van der Waals surface area contributed by atoms with E-state index in [1.165, 1.54) is 11.8 Å². The van der Waals surface area contributed by atoms with Crippen molar-refractivity contribution in [3.8, 4) is 0 Å². The molecule has 0 spiro atoms. The molecule has 1 fully saturated rings. The number of aliphatic carboxylic acids is 1. The average Bonchev–Trinajstić information content (AvgIpc) is 3.04. The number of likely N-dealkylation sites (tertiary alicyclic amines) is 1. The number of hydrogen-bond acceptors (Lipinski definition) is 4. The number of carbonyl (C=O) groups excluding carboxylic acids is 2. The van der Waals surface area contributed by atoms with Crippen LogP contribution in [0, 0.1) is 11.8 Å². The number of carboxylic acid groups (broad SMARTS) is 1. The van der Waals surface area contributed by atoms with Gasteiger partial charge in [0.25, 0.3) is 0 Å². The Bertz CT molecular complexity index is 1010. The summed E-state index contributed by atoms with van der Waals surface area (Å²) in [6, 6.07) is 14.5. The highest BCUT2D eigenvalue weighted by Gasteiger charge is 2.73. The maximum absolute atomic E-state index is 13.8. The molecule has 1 N–H and O–H groups in total. The fraction of sp³-hybridized carbons (Fsp3) is 0.348. The van der Waals surface area contributed by atoms with Crippen molar-refractivity contribution < 1.29 is 19.5 Å². The normalized spacial score (nSPS) is 31.3. The Hall–Kier alpha value is -1.64. The van der Waals surface area contributed by atoms with E-state index in [0.29, 0.717) is 5.75 Å². The number of alkyl halides is 2. The Labute approximate surface area is 200 Å². The van der Waals surface area contributed by atoms with Gasteiger partial charge in [-0.1, -0.05) is 80.4 Å². The van der Waals surface area contributed by atoms with Gasteiger partial charge in [0.2, 0.25) is 11.8 Å². The fourth-order valence-corrected chi connectivity index (χ4v) is 8.35. The van der Waals surface area contributed by atoms with Crippen molar-refractivity contribution in [3.05, 3.63) is 70.8 Å². The largest absolute Gasteiger partial charge is 0.480 e. The first-order chi connectivity index (χ1) is 14.8. The molecule has 1 aliphatic heterocycles. The van der Waals surface area contributed by atoms with Crippen molar-refractivity contribution in [3.63, 3.8) is 0 Å². The molecule has 0 radical (unpaired) electrons. The van der Waals surface area contributed by atoms with Crippen LogP contribution in [0.5, 0.6) is 0 Å². The smallest absolute Gasteiger partial charge is 0.326 e. The van der Waals surface area contributed by atoms with Gasteiger partial charge in [-0.25, -0.2) is 4.79 Å². The van der Waals surface area contributed by atoms with Crippen molar-refractivity contribution >= 4 is 61.4 Å². The third kappa shape index (κ3) is 2.52. The van der Waals surface area contributed by atoms with E-state index < -0.39 is 44.3 Å². The average molecular weight is 565 g/mol. The van der Waals surface area contributed by atoms with Gasteiger partial charge in [0.1, 0.15) is 6.04 Å². The molecule has 1 heterocycles. The zero-order valence-electron chi connectivity index (χ0n) is 16.5. The predicted octanol–water partition coefficient (Wildman–Crippen LogP) is 4.10. The lowest BCUT2D eigenvalue weighted by Crippen LogP contribution is -2.56. The molecule has 1 saturated heterocycles. The molecule has 8 heteroatoms. The molecule has 0 unspecified atom stereocenters. The Morgan fingerprint density at radius 3 is 1.68 bits per heavy atom. The van der Waals surface area contributed by atoms with Crippen LogP contribution in [0.4, 0.5) is 0 Å². The van der Waals surface area contributed by atoms with E-state index in [1.807, 2.05) is 54.8 Å². The van der Waals surface area contributed by atoms with Crippen molar-refractivity contribution in [1.82, 2.24) is 4.90 Å². The molecule has 2 aromatic carbocycles. The number of halogens is 2. The van der Waals surface area contributed by atoms with Gasteiger partial charge in [-0.15, -0.1) is 0 Å². The summed E-state index contributed by atoms with van der Waals surface area (Å²) in [5.74, 6) is -2.92. The lowest BCUT2D eigenvalue weighted by Gasteiger charge is -2.55. The monoisotopic (exact) mass is 563 g/mol. The molecule has 5 nitrogen and oxygen atoms in total. The predicted molar refractivity (Wildman–Crippen MR) is 126 cm³/mol. The van der Waals surface area contributed by atoms with E-state index >= 15 is 0 Å². The SMILES string of the molecule is CSCC[C@H](C(=O)O)N1C(=O)[C@@H]2[C@@H](C1=O)C1(Br)c3ccccc3C2(Br)c2ccccc21. The number of nitrogens with zero attached hydrogens (tertiary/aromatic N) is 1. The number of amides is 2. The summed E-state index contributed by atoms with van der Waals surface area (Å²) in [6.07, 6.45) is 2.10. The van der Waals surface area contributed by atoms with Gasteiger partial charge in [-0.3, -0.25) is 14.5 Å². The van der Waals surface area contributed by atoms with Crippen molar-refractivity contribution in [2.45, 2.75) is 21.1 Å². The zero-order chi connectivity index (χ0) is 22.1. The molecule has 4 aliphatic rings. The standard InChI is InChI=1S/C23H19Br2NO4S/c1-31-11-10-16(21(29)30)26-19(27)17-18(20(26)28)23(25)13-7-3-2-6-12(13)22(17,24)14-8-4-5-9-15(14)23/h2-9,16-18H,10-11H2,1H3,(H,29,30)/t16-,17+,18+,22?,23?/m1/s1. The number of carbonyl (C=O) groups is 3. The lowest BCUT2D eigenvalue weighted by molar-refractivity contribution is -0.155. The van der Waals surface area contributed by atoms with Crippen molar-refractivity contribution in [1.29, 1.82) is 0 Å². The second-order valence-corrected chi connectivity index (χ2v) is 11.6. The summed E-state index contributed by atoms with van der Waals surface area (Å²) in [5, 5.41) is 9.87. The van der Waals surface area contributed by atoms with E-state index in [-0.39, 0.29) is 6.42 Å². The topological polar surface area (TPSA) is 74.7 Å². The number of rotatable bonds is 5. The van der Waals surface area contributed by atoms with E-state index in [4.69, 9.17) is 0 Å². The van der Waals surface area contributed by atoms with Crippen LogP contribution in [-0.2, 0) is 23.0 Å². The Morgan fingerprint density at radius 1 is 0.968 bits per heavy atom. The summed E-state index contributed by atoms with van der Waals surface area (Å²) >= 11 is 9.34. The quantitative estimate of drug-likeness (QED) is 0.437. The third-order valence-corrected chi connectivity index (χ3v) is 10.2. The molecule has 31 heavy (non-hydrogen) atoms. The van der Waals surface area contributed by atoms with Gasteiger partial charge < -0.3 is 5.11 Å². The van der Waals surface area contributed by atoms with Gasteiger partial charge in [0, 0.05) is 0 Å². The summed E-state index contributed by atoms with van der Waals surface area (Å²) in [4.78, 5) is 40.7. The Balaban J connectivity index is 1.76. The maximum atomic E-state index is 13.8. The summed E-state index contributed by atoms with van der Waals surface area (Å²) in [5.41, 5.74) is 3.74. The first-order valence-electron chi connectivity index (χ1n) is 9.96. The molecular formula is C23H19Br2NO4S. The minimum absolute atomic E-state index is 0.220. The molecule has 2 amide bonds. The van der Waals surface area contributed by atoms with Gasteiger partial charge in [0.15, 0.2) is 0 Å². The molecule has 2 bridgehead atoms. The highest BCUT2D eigenvalue weighted by molar-refractivity contribution is 9.10. The lowest BCUT2D eigenvalue weighted by atomic mass is 9.54. The molecule has 6 rings (SSSR count). The van der Waals surface area contributed by atoms with E-state index in [2.05, 4.69) is 31.9 Å². The van der Waals surface area contributed by atoms with Crippen LogP contribution in [0.2, 0.25) is 0 Å². The minimum atomic E-state index is -1.17. The van der Waals surface area contributed by atoms with Gasteiger partial charge >= 0.3 is 5.97 Å². The van der Waals surface area contributed by atoms with Crippen LogP contribution in [0.15, 0.2) is 48.5 Å². The van der Waals surface area contributed by atoms with Crippen LogP contribution in [-0.4, -0.2) is 45.8 Å². The molecule has 0 aromatic heterocycles. The van der Waals surface area contributed by atoms with Crippen LogP contribution in [0.3, 0.4) is 0 Å². The van der Waals surface area contributed by atoms with Gasteiger partial charge in [0.05, 0.1) is 20.5 Å². The third-order valence-electron chi connectivity index (χ3n) is 6.81. The molecule has 3 aliphatic carbocycles. The van der Waals surface area contributed by atoms with Crippen molar-refractivity contribution in [2.75, 3.05) is 12.0 Å². The fourth-order valence-electron chi connectivity index (χ4n) is 5.59. The second-order valence-electron chi connectivity index (χ2n) is 8.15. The number of hydrogen-bond donors (Lipinski definition) is 1. The highest BCUT2D eigenvalue weighted by Crippen LogP contribution is 2.70. The van der Waals surface area contributed by atoms with Gasteiger partial charge in [-0.2, -0.15) is 11.8 Å². The van der Waals surface area contributed by atoms with Crippen LogP contribution >= 0.6 is 43.6 Å². The summed E-state index contributed by atoms with van der Waals surface area (Å²) in [6.45, 7) is 0. The van der Waals surface area contributed by atoms with E-state index in [9.17, 15) is 19.5 Å².